The molecule has 0 heterocycles. The summed E-state index contributed by atoms with van der Waals surface area (Å²) in [5.74, 6) is -1.04. The van der Waals surface area contributed by atoms with Gasteiger partial charge in [0.15, 0.2) is 8.32 Å². The molecule has 0 aliphatic heterocycles. The van der Waals surface area contributed by atoms with E-state index < -0.39 is 36.9 Å². The second kappa shape index (κ2) is 15.0. The minimum Gasteiger partial charge on any atom is -0.435 e. The summed E-state index contributed by atoms with van der Waals surface area (Å²) in [5.41, 5.74) is 2.06. The maximum Gasteiger partial charge on any atom is 0.387 e. The molecule has 230 valence electrons. The molecule has 1 unspecified atom stereocenters. The number of benzene rings is 3. The second-order valence-electron chi connectivity index (χ2n) is 10.2. The molecule has 0 fully saturated rings. The normalized spacial score (nSPS) is 13.6. The third kappa shape index (κ3) is 9.82. The van der Waals surface area contributed by atoms with E-state index in [1.807, 2.05) is 0 Å². The van der Waals surface area contributed by atoms with Crippen molar-refractivity contribution in [2.24, 2.45) is 0 Å². The van der Waals surface area contributed by atoms with Gasteiger partial charge in [0.2, 0.25) is 10.0 Å². The third-order valence-corrected chi connectivity index (χ3v) is 12.6. The summed E-state index contributed by atoms with van der Waals surface area (Å²) >= 11 is 0. The van der Waals surface area contributed by atoms with Crippen molar-refractivity contribution >= 4 is 24.0 Å². The van der Waals surface area contributed by atoms with Crippen LogP contribution in [0.2, 0.25) is 18.1 Å². The predicted octanol–water partition coefficient (Wildman–Crippen LogP) is 7.57. The molecule has 3 rings (SSSR count). The maximum atomic E-state index is 14.6. The summed E-state index contributed by atoms with van der Waals surface area (Å²) < 4.78 is 90.8. The van der Waals surface area contributed by atoms with Gasteiger partial charge in [-0.15, -0.1) is 0 Å². The fraction of sp³-hybridized carbons (Fsp3) is 0.400. The molecule has 12 heteroatoms. The lowest BCUT2D eigenvalue weighted by atomic mass is 9.98. The number of sulfonamides is 1. The van der Waals surface area contributed by atoms with Crippen LogP contribution < -0.4 is 14.8 Å². The summed E-state index contributed by atoms with van der Waals surface area (Å²) in [5, 5.41) is 3.52. The standard InChI is InChI=1S/C30H38F4N2O4SSi/c1-5-42(6-2,7-3)40-29(23-12-17-26(32)28(19-23)36-41(4,37)38)20-35-27(18-21-8-13-24(31)14-9-21)22-10-15-25(16-11-22)39-30(33)34/h8-17,19,27,29-30,35-36H,5-7,18,20H2,1-4H3/t27?,29-/m0/s1. The first-order valence-electron chi connectivity index (χ1n) is 13.8. The Morgan fingerprint density at radius 2 is 1.45 bits per heavy atom. The summed E-state index contributed by atoms with van der Waals surface area (Å²) in [6.45, 7) is 3.60. The van der Waals surface area contributed by atoms with Gasteiger partial charge in [-0.25, -0.2) is 17.2 Å². The molecular formula is C30H38F4N2O4SSi. The molecule has 0 amide bonds. The smallest absolute Gasteiger partial charge is 0.387 e. The van der Waals surface area contributed by atoms with Crippen LogP contribution in [-0.2, 0) is 20.9 Å². The highest BCUT2D eigenvalue weighted by molar-refractivity contribution is 7.92. The number of ether oxygens (including phenoxy) is 1. The van der Waals surface area contributed by atoms with E-state index in [0.29, 0.717) is 12.0 Å². The largest absolute Gasteiger partial charge is 0.435 e. The van der Waals surface area contributed by atoms with Crippen molar-refractivity contribution in [2.75, 3.05) is 17.5 Å². The molecule has 0 aromatic heterocycles. The van der Waals surface area contributed by atoms with Gasteiger partial charge in [0.25, 0.3) is 0 Å². The van der Waals surface area contributed by atoms with E-state index in [0.717, 1.165) is 35.5 Å². The lowest BCUT2D eigenvalue weighted by Gasteiger charge is -2.35. The molecule has 6 nitrogen and oxygen atoms in total. The minimum absolute atomic E-state index is 0.0253. The van der Waals surface area contributed by atoms with Crippen LogP contribution >= 0.6 is 0 Å². The first-order chi connectivity index (χ1) is 19.9. The Bertz CT molecular complexity index is 1380. The van der Waals surface area contributed by atoms with E-state index in [-0.39, 0.29) is 29.8 Å². The van der Waals surface area contributed by atoms with Gasteiger partial charge in [-0.1, -0.05) is 51.1 Å². The molecule has 2 N–H and O–H groups in total. The number of hydrogen-bond acceptors (Lipinski definition) is 5. The van der Waals surface area contributed by atoms with Gasteiger partial charge in [0, 0.05) is 12.6 Å². The van der Waals surface area contributed by atoms with Crippen molar-refractivity contribution in [1.29, 1.82) is 0 Å². The van der Waals surface area contributed by atoms with Gasteiger partial charge in [0.1, 0.15) is 17.4 Å². The van der Waals surface area contributed by atoms with Crippen LogP contribution in [0.15, 0.2) is 66.7 Å². The molecule has 3 aromatic carbocycles. The van der Waals surface area contributed by atoms with Crippen molar-refractivity contribution in [2.45, 2.75) is 64.1 Å². The number of anilines is 1. The van der Waals surface area contributed by atoms with Crippen LogP contribution in [0.4, 0.5) is 23.2 Å². The highest BCUT2D eigenvalue weighted by Gasteiger charge is 2.33. The molecule has 2 atom stereocenters. The van der Waals surface area contributed by atoms with Crippen molar-refractivity contribution in [3.8, 4) is 5.75 Å². The Morgan fingerprint density at radius 1 is 0.857 bits per heavy atom. The first kappa shape index (κ1) is 33.6. The number of nitrogens with one attached hydrogen (secondary N) is 2. The molecule has 0 saturated heterocycles. The predicted molar refractivity (Wildman–Crippen MR) is 160 cm³/mol. The SMILES string of the molecule is CC[Si](CC)(CC)O[C@@H](CNC(Cc1ccc(F)cc1)c1ccc(OC(F)F)cc1)c1ccc(F)c(NS(C)(=O)=O)c1. The molecule has 3 aromatic rings. The monoisotopic (exact) mass is 626 g/mol. The zero-order valence-electron chi connectivity index (χ0n) is 24.2. The number of hydrogen-bond donors (Lipinski definition) is 2. The van der Waals surface area contributed by atoms with Crippen LogP contribution in [-0.4, -0.2) is 36.1 Å². The zero-order valence-corrected chi connectivity index (χ0v) is 26.0. The molecule has 0 aliphatic carbocycles. The lowest BCUT2D eigenvalue weighted by molar-refractivity contribution is -0.0498. The Hall–Kier alpha value is -2.93. The summed E-state index contributed by atoms with van der Waals surface area (Å²) in [4.78, 5) is 0. The number of rotatable bonds is 16. The van der Waals surface area contributed by atoms with Crippen molar-refractivity contribution in [3.05, 3.63) is 95.1 Å². The van der Waals surface area contributed by atoms with Gasteiger partial charge in [-0.3, -0.25) is 4.72 Å². The van der Waals surface area contributed by atoms with Gasteiger partial charge >= 0.3 is 6.61 Å². The molecule has 42 heavy (non-hydrogen) atoms. The van der Waals surface area contributed by atoms with E-state index in [1.54, 1.807) is 30.3 Å². The minimum atomic E-state index is -3.72. The van der Waals surface area contributed by atoms with Crippen LogP contribution in [0.5, 0.6) is 5.75 Å². The van der Waals surface area contributed by atoms with Gasteiger partial charge < -0.3 is 14.5 Å². The molecule has 0 bridgehead atoms. The highest BCUT2D eigenvalue weighted by atomic mass is 32.2. The van der Waals surface area contributed by atoms with Crippen LogP contribution in [0, 0.1) is 11.6 Å². The topological polar surface area (TPSA) is 76.7 Å². The zero-order chi connectivity index (χ0) is 30.9. The van der Waals surface area contributed by atoms with Crippen LogP contribution in [0.3, 0.4) is 0 Å². The Balaban J connectivity index is 1.97. The number of alkyl halides is 2. The fourth-order valence-electron chi connectivity index (χ4n) is 4.85. The summed E-state index contributed by atoms with van der Waals surface area (Å²) in [6.07, 6.45) is 0.856. The second-order valence-corrected chi connectivity index (χ2v) is 16.7. The molecule has 0 aliphatic rings. The molecular weight excluding hydrogens is 588 g/mol. The van der Waals surface area contributed by atoms with Crippen LogP contribution in [0.1, 0.15) is 49.6 Å². The van der Waals surface area contributed by atoms with Crippen molar-refractivity contribution in [1.82, 2.24) is 5.32 Å². The van der Waals surface area contributed by atoms with E-state index in [2.05, 4.69) is 35.5 Å². The van der Waals surface area contributed by atoms with E-state index in [4.69, 9.17) is 4.43 Å². The van der Waals surface area contributed by atoms with Crippen LogP contribution in [0.25, 0.3) is 0 Å². The van der Waals surface area contributed by atoms with Gasteiger partial charge in [-0.05, 0) is 77.6 Å². The van der Waals surface area contributed by atoms with Gasteiger partial charge in [0.05, 0.1) is 18.0 Å². The summed E-state index contributed by atoms with van der Waals surface area (Å²) in [7, 11) is -5.92. The Morgan fingerprint density at radius 3 is 2.00 bits per heavy atom. The average Bonchev–Trinajstić information content (AvgIpc) is 2.94. The maximum absolute atomic E-state index is 14.6. The first-order valence-corrected chi connectivity index (χ1v) is 18.3. The van der Waals surface area contributed by atoms with E-state index in [1.165, 1.54) is 36.4 Å². The van der Waals surface area contributed by atoms with Gasteiger partial charge in [-0.2, -0.15) is 8.78 Å². The molecule has 0 spiro atoms. The fourth-order valence-corrected chi connectivity index (χ4v) is 8.22. The number of halogens is 4. The Kier molecular flexibility index (Phi) is 12.0. The quantitative estimate of drug-likeness (QED) is 0.127. The van der Waals surface area contributed by atoms with E-state index in [9.17, 15) is 26.0 Å². The average molecular weight is 627 g/mol. The lowest BCUT2D eigenvalue weighted by Crippen LogP contribution is -2.40. The third-order valence-electron chi connectivity index (χ3n) is 7.39. The van der Waals surface area contributed by atoms with Crippen molar-refractivity contribution in [3.63, 3.8) is 0 Å². The molecule has 0 radical (unpaired) electrons. The highest BCUT2D eigenvalue weighted by Crippen LogP contribution is 2.32. The summed E-state index contributed by atoms with van der Waals surface area (Å²) in [6, 6.07) is 18.9. The molecule has 0 saturated carbocycles. The van der Waals surface area contributed by atoms with Crippen molar-refractivity contribution < 1.29 is 35.1 Å². The van der Waals surface area contributed by atoms with E-state index >= 15 is 0 Å². The Labute approximate surface area is 246 Å².